The van der Waals surface area contributed by atoms with Gasteiger partial charge in [0, 0.05) is 12.1 Å². The number of nitrogens with zero attached hydrogens (tertiary/aromatic N) is 2. The fourth-order valence-electron chi connectivity index (χ4n) is 1.89. The van der Waals surface area contributed by atoms with E-state index in [0.717, 1.165) is 17.3 Å². The van der Waals surface area contributed by atoms with Crippen molar-refractivity contribution in [3.05, 3.63) is 45.9 Å². The molecule has 0 saturated carbocycles. The van der Waals surface area contributed by atoms with E-state index in [1.54, 1.807) is 18.2 Å². The second-order valence-electron chi connectivity index (χ2n) is 4.16. The van der Waals surface area contributed by atoms with Crippen LogP contribution in [0.1, 0.15) is 5.56 Å². The number of hydrogen-bond donors (Lipinski definition) is 2. The van der Waals surface area contributed by atoms with E-state index < -0.39 is 0 Å². The van der Waals surface area contributed by atoms with Crippen molar-refractivity contribution in [1.82, 2.24) is 8.75 Å². The Hall–Kier alpha value is -1.56. The Morgan fingerprint density at radius 1 is 1.10 bits per heavy atom. The summed E-state index contributed by atoms with van der Waals surface area (Å²) >= 11 is 13.4. The lowest BCUT2D eigenvalue weighted by molar-refractivity contribution is 0.469. The highest BCUT2D eigenvalue weighted by Gasteiger charge is 2.14. The van der Waals surface area contributed by atoms with E-state index in [1.165, 1.54) is 0 Å². The monoisotopic (exact) mass is 325 g/mol. The molecular formula is C13H9Cl2N3OS. The first-order valence-electron chi connectivity index (χ1n) is 5.78. The Morgan fingerprint density at radius 3 is 2.65 bits per heavy atom. The van der Waals surface area contributed by atoms with Crippen LogP contribution in [0.25, 0.3) is 11.0 Å². The van der Waals surface area contributed by atoms with Crippen molar-refractivity contribution in [2.24, 2.45) is 0 Å². The first kappa shape index (κ1) is 13.4. The average Bonchev–Trinajstić information content (AvgIpc) is 2.90. The molecule has 1 heterocycles. The predicted molar refractivity (Wildman–Crippen MR) is 82.9 cm³/mol. The molecule has 0 bridgehead atoms. The van der Waals surface area contributed by atoms with Crippen molar-refractivity contribution in [3.63, 3.8) is 0 Å². The lowest BCUT2D eigenvalue weighted by Gasteiger charge is -2.10. The van der Waals surface area contributed by atoms with Crippen molar-refractivity contribution in [1.29, 1.82) is 0 Å². The molecule has 0 aliphatic heterocycles. The van der Waals surface area contributed by atoms with E-state index >= 15 is 0 Å². The predicted octanol–water partition coefficient (Wildman–Crippen LogP) is 4.32. The number of hydrogen-bond acceptors (Lipinski definition) is 5. The highest BCUT2D eigenvalue weighted by Crippen LogP contribution is 2.35. The molecule has 4 nitrogen and oxygen atoms in total. The van der Waals surface area contributed by atoms with E-state index in [9.17, 15) is 5.11 Å². The van der Waals surface area contributed by atoms with Gasteiger partial charge in [-0.15, -0.1) is 0 Å². The van der Waals surface area contributed by atoms with Gasteiger partial charge in [0.1, 0.15) is 16.8 Å². The van der Waals surface area contributed by atoms with Gasteiger partial charge in [-0.25, -0.2) is 0 Å². The summed E-state index contributed by atoms with van der Waals surface area (Å²) in [6.45, 7) is 0.431. The van der Waals surface area contributed by atoms with Crippen LogP contribution in [0.4, 0.5) is 5.69 Å². The highest BCUT2D eigenvalue weighted by molar-refractivity contribution is 7.00. The Bertz CT molecular complexity index is 775. The molecule has 0 atom stereocenters. The van der Waals surface area contributed by atoms with Crippen LogP contribution in [-0.2, 0) is 6.54 Å². The summed E-state index contributed by atoms with van der Waals surface area (Å²) in [5, 5.41) is 13.9. The van der Waals surface area contributed by atoms with Gasteiger partial charge in [-0.3, -0.25) is 0 Å². The topological polar surface area (TPSA) is 58.0 Å². The molecule has 0 saturated heterocycles. The molecule has 0 aliphatic carbocycles. The molecule has 0 spiro atoms. The number of benzene rings is 2. The average molecular weight is 326 g/mol. The van der Waals surface area contributed by atoms with Crippen LogP contribution in [0.5, 0.6) is 5.75 Å². The normalized spacial score (nSPS) is 10.9. The third-order valence-corrected chi connectivity index (χ3v) is 4.01. The molecule has 3 aromatic rings. The van der Waals surface area contributed by atoms with Gasteiger partial charge in [0.05, 0.1) is 27.5 Å². The number of phenolic OH excluding ortho intramolecular Hbond substituents is 1. The number of para-hydroxylation sites is 1. The van der Waals surface area contributed by atoms with Gasteiger partial charge in [-0.2, -0.15) is 8.75 Å². The molecule has 0 unspecified atom stereocenters. The van der Waals surface area contributed by atoms with Crippen LogP contribution in [-0.4, -0.2) is 13.9 Å². The van der Waals surface area contributed by atoms with Gasteiger partial charge in [0.25, 0.3) is 0 Å². The summed E-state index contributed by atoms with van der Waals surface area (Å²) in [6, 6.07) is 8.75. The molecule has 2 aromatic carbocycles. The zero-order valence-corrected chi connectivity index (χ0v) is 12.4. The van der Waals surface area contributed by atoms with Crippen molar-refractivity contribution in [2.75, 3.05) is 5.32 Å². The van der Waals surface area contributed by atoms with Crippen molar-refractivity contribution in [2.45, 2.75) is 6.54 Å². The summed E-state index contributed by atoms with van der Waals surface area (Å²) < 4.78 is 8.35. The lowest BCUT2D eigenvalue weighted by Crippen LogP contribution is -2.01. The van der Waals surface area contributed by atoms with Crippen LogP contribution in [0, 0.1) is 0 Å². The van der Waals surface area contributed by atoms with E-state index in [2.05, 4.69) is 14.1 Å². The second-order valence-corrected chi connectivity index (χ2v) is 5.50. The van der Waals surface area contributed by atoms with Gasteiger partial charge < -0.3 is 10.4 Å². The van der Waals surface area contributed by atoms with Crippen molar-refractivity contribution < 1.29 is 5.11 Å². The molecule has 0 fully saturated rings. The molecule has 0 radical (unpaired) electrons. The fourth-order valence-corrected chi connectivity index (χ4v) is 3.07. The maximum absolute atomic E-state index is 9.76. The number of halogens is 2. The third kappa shape index (κ3) is 2.40. The Kier molecular flexibility index (Phi) is 3.65. The number of nitrogens with one attached hydrogen (secondary N) is 1. The first-order valence-corrected chi connectivity index (χ1v) is 7.26. The lowest BCUT2D eigenvalue weighted by atomic mass is 10.2. The first-order chi connectivity index (χ1) is 9.66. The zero-order valence-electron chi connectivity index (χ0n) is 10.1. The summed E-state index contributed by atoms with van der Waals surface area (Å²) in [4.78, 5) is 0. The number of phenols is 1. The van der Waals surface area contributed by atoms with E-state index in [0.29, 0.717) is 33.3 Å². The molecule has 20 heavy (non-hydrogen) atoms. The number of aromatic nitrogens is 2. The molecule has 0 amide bonds. The van der Waals surface area contributed by atoms with Crippen molar-refractivity contribution >= 4 is 51.7 Å². The van der Waals surface area contributed by atoms with Gasteiger partial charge in [0.2, 0.25) is 0 Å². The number of fused-ring (bicyclic) bond motifs is 1. The number of aromatic hydroxyl groups is 1. The van der Waals surface area contributed by atoms with Gasteiger partial charge >= 0.3 is 0 Å². The SMILES string of the molecule is Oc1ccccc1CNc1c(Cl)cc(Cl)c2nsnc12. The number of rotatable bonds is 3. The summed E-state index contributed by atoms with van der Waals surface area (Å²) in [5.74, 6) is 0.234. The Morgan fingerprint density at radius 2 is 1.85 bits per heavy atom. The minimum Gasteiger partial charge on any atom is -0.508 e. The molecule has 2 N–H and O–H groups in total. The van der Waals surface area contributed by atoms with Gasteiger partial charge in [-0.1, -0.05) is 41.4 Å². The zero-order chi connectivity index (χ0) is 14.1. The van der Waals surface area contributed by atoms with Crippen LogP contribution in [0.15, 0.2) is 30.3 Å². The van der Waals surface area contributed by atoms with Crippen LogP contribution < -0.4 is 5.32 Å². The van der Waals surface area contributed by atoms with Crippen LogP contribution >= 0.6 is 34.9 Å². The third-order valence-electron chi connectivity index (χ3n) is 2.89. The molecular weight excluding hydrogens is 317 g/mol. The minimum atomic E-state index is 0.234. The molecule has 3 rings (SSSR count). The standard InChI is InChI=1S/C13H9Cl2N3OS/c14-8-5-9(15)12-13(18-20-17-12)11(8)16-6-7-3-1-2-4-10(7)19/h1-5,16,19H,6H2. The summed E-state index contributed by atoms with van der Waals surface area (Å²) in [6.07, 6.45) is 0. The van der Waals surface area contributed by atoms with Gasteiger partial charge in [-0.05, 0) is 12.1 Å². The van der Waals surface area contributed by atoms with Crippen molar-refractivity contribution in [3.8, 4) is 5.75 Å². The summed E-state index contributed by atoms with van der Waals surface area (Å²) in [7, 11) is 0. The Balaban J connectivity index is 1.95. The van der Waals surface area contributed by atoms with Crippen LogP contribution in [0.3, 0.4) is 0 Å². The van der Waals surface area contributed by atoms with Gasteiger partial charge in [0.15, 0.2) is 0 Å². The minimum absolute atomic E-state index is 0.234. The van der Waals surface area contributed by atoms with E-state index in [1.807, 2.05) is 12.1 Å². The maximum Gasteiger partial charge on any atom is 0.130 e. The molecule has 7 heteroatoms. The van der Waals surface area contributed by atoms with Crippen LogP contribution in [0.2, 0.25) is 10.0 Å². The fraction of sp³-hybridized carbons (Fsp3) is 0.0769. The second kappa shape index (κ2) is 5.44. The Labute approximate surface area is 129 Å². The van der Waals surface area contributed by atoms with E-state index in [4.69, 9.17) is 23.2 Å². The molecule has 1 aromatic heterocycles. The summed E-state index contributed by atoms with van der Waals surface area (Å²) in [5.41, 5.74) is 2.71. The molecule has 102 valence electrons. The smallest absolute Gasteiger partial charge is 0.130 e. The van der Waals surface area contributed by atoms with E-state index in [-0.39, 0.29) is 5.75 Å². The highest BCUT2D eigenvalue weighted by atomic mass is 35.5. The molecule has 0 aliphatic rings. The largest absolute Gasteiger partial charge is 0.508 e. The quantitative estimate of drug-likeness (QED) is 0.753. The number of anilines is 1. The maximum atomic E-state index is 9.76.